The van der Waals surface area contributed by atoms with Gasteiger partial charge in [0.1, 0.15) is 0 Å². The van der Waals surface area contributed by atoms with Crippen LogP contribution >= 0.6 is 0 Å². The molecule has 112 valence electrons. The second kappa shape index (κ2) is 5.71. The number of benzene rings is 1. The fourth-order valence-electron chi connectivity index (χ4n) is 1.80. The smallest absolute Gasteiger partial charge is 0.290 e. The molecular formula is C12H18N2O4S2. The van der Waals surface area contributed by atoms with E-state index in [4.69, 9.17) is 4.74 Å². The summed E-state index contributed by atoms with van der Waals surface area (Å²) in [6.45, 7) is 0.575. The molecule has 0 atom stereocenters. The summed E-state index contributed by atoms with van der Waals surface area (Å²) in [7, 11) is -3.00. The van der Waals surface area contributed by atoms with E-state index in [1.54, 1.807) is 17.0 Å². The monoisotopic (exact) mass is 318 g/mol. The predicted molar refractivity (Wildman–Crippen MR) is 79.1 cm³/mol. The topological polar surface area (TPSA) is 76.0 Å². The second-order valence-electron chi connectivity index (χ2n) is 4.73. The number of hydrogen-bond donors (Lipinski definition) is 0. The van der Waals surface area contributed by atoms with Crippen molar-refractivity contribution in [2.75, 3.05) is 43.7 Å². The van der Waals surface area contributed by atoms with Crippen LogP contribution in [0.3, 0.4) is 0 Å². The molecule has 0 amide bonds. The molecule has 0 radical (unpaired) electrons. The maximum Gasteiger partial charge on any atom is 0.290 e. The summed E-state index contributed by atoms with van der Waals surface area (Å²) in [6, 6.07) is 6.44. The van der Waals surface area contributed by atoms with Crippen LogP contribution in [0.25, 0.3) is 0 Å². The third-order valence-corrected chi connectivity index (χ3v) is 7.29. The van der Waals surface area contributed by atoms with Gasteiger partial charge in [-0.3, -0.25) is 0 Å². The van der Waals surface area contributed by atoms with E-state index in [1.807, 2.05) is 14.1 Å². The molecule has 1 aliphatic rings. The van der Waals surface area contributed by atoms with Gasteiger partial charge in [-0.15, -0.1) is 3.77 Å². The molecule has 0 aromatic heterocycles. The molecule has 1 heterocycles. The van der Waals surface area contributed by atoms with E-state index in [0.29, 0.717) is 0 Å². The van der Waals surface area contributed by atoms with Gasteiger partial charge in [-0.05, 0) is 18.2 Å². The van der Waals surface area contributed by atoms with Crippen LogP contribution in [-0.4, -0.2) is 51.4 Å². The van der Waals surface area contributed by atoms with Gasteiger partial charge in [0.2, 0.25) is 0 Å². The summed E-state index contributed by atoms with van der Waals surface area (Å²) in [5.74, 6) is 0.333. The molecule has 1 saturated heterocycles. The lowest BCUT2D eigenvalue weighted by Crippen LogP contribution is -2.26. The van der Waals surface area contributed by atoms with Crippen molar-refractivity contribution in [2.45, 2.75) is 4.90 Å². The van der Waals surface area contributed by atoms with Gasteiger partial charge in [-0.1, -0.05) is 6.07 Å². The highest BCUT2D eigenvalue weighted by Gasteiger charge is 2.21. The van der Waals surface area contributed by atoms with E-state index in [2.05, 4.69) is 3.77 Å². The molecule has 0 unspecified atom stereocenters. The lowest BCUT2D eigenvalue weighted by atomic mass is 10.3. The lowest BCUT2D eigenvalue weighted by Gasteiger charge is -2.16. The Morgan fingerprint density at radius 2 is 1.90 bits per heavy atom. The number of nitrogens with zero attached hydrogens (tertiary/aromatic N) is 2. The minimum Gasteiger partial charge on any atom is -0.379 e. The largest absolute Gasteiger partial charge is 0.379 e. The number of rotatable bonds is 3. The minimum atomic E-state index is -3.91. The minimum absolute atomic E-state index is 0.0675. The first-order valence-electron chi connectivity index (χ1n) is 6.16. The molecule has 1 fully saturated rings. The third-order valence-electron chi connectivity index (χ3n) is 2.96. The zero-order valence-electron chi connectivity index (χ0n) is 11.5. The van der Waals surface area contributed by atoms with Crippen LogP contribution in [-0.2, 0) is 24.5 Å². The van der Waals surface area contributed by atoms with Crippen molar-refractivity contribution in [2.24, 2.45) is 3.77 Å². The maximum atomic E-state index is 12.4. The molecule has 20 heavy (non-hydrogen) atoms. The molecule has 1 aromatic carbocycles. The van der Waals surface area contributed by atoms with Gasteiger partial charge in [0.05, 0.1) is 39.3 Å². The zero-order valence-corrected chi connectivity index (χ0v) is 13.1. The van der Waals surface area contributed by atoms with E-state index in [1.165, 1.54) is 12.1 Å². The van der Waals surface area contributed by atoms with Crippen molar-refractivity contribution >= 4 is 25.4 Å². The Morgan fingerprint density at radius 1 is 1.25 bits per heavy atom. The summed E-state index contributed by atoms with van der Waals surface area (Å²) in [5, 5.41) is 0. The SMILES string of the molecule is CN(C)c1cccc(S(=O)(=O)N=S2(=O)CCOCC2)c1. The van der Waals surface area contributed by atoms with E-state index < -0.39 is 19.8 Å². The van der Waals surface area contributed by atoms with E-state index >= 15 is 0 Å². The first kappa shape index (κ1) is 15.3. The Hall–Kier alpha value is -1.12. The van der Waals surface area contributed by atoms with Crippen LogP contribution in [0.5, 0.6) is 0 Å². The highest BCUT2D eigenvalue weighted by Crippen LogP contribution is 2.21. The average Bonchev–Trinajstić information content (AvgIpc) is 2.38. The van der Waals surface area contributed by atoms with Gasteiger partial charge in [0.15, 0.2) is 0 Å². The van der Waals surface area contributed by atoms with E-state index in [9.17, 15) is 12.6 Å². The van der Waals surface area contributed by atoms with Crippen molar-refractivity contribution in [3.05, 3.63) is 24.3 Å². The van der Waals surface area contributed by atoms with Crippen molar-refractivity contribution < 1.29 is 17.4 Å². The molecule has 0 bridgehead atoms. The van der Waals surface area contributed by atoms with Crippen molar-refractivity contribution in [3.63, 3.8) is 0 Å². The number of anilines is 1. The van der Waals surface area contributed by atoms with E-state index in [-0.39, 0.29) is 29.6 Å². The van der Waals surface area contributed by atoms with Gasteiger partial charge in [0.25, 0.3) is 10.0 Å². The molecule has 1 aliphatic heterocycles. The first-order chi connectivity index (χ1) is 9.32. The maximum absolute atomic E-state index is 12.4. The Kier molecular flexibility index (Phi) is 4.36. The molecular weight excluding hydrogens is 300 g/mol. The molecule has 1 aromatic rings. The first-order valence-corrected chi connectivity index (χ1v) is 9.46. The highest BCUT2D eigenvalue weighted by atomic mass is 32.3. The highest BCUT2D eigenvalue weighted by molar-refractivity contribution is 8.03. The fourth-order valence-corrected chi connectivity index (χ4v) is 5.65. The van der Waals surface area contributed by atoms with Gasteiger partial charge in [-0.25, -0.2) is 4.21 Å². The van der Waals surface area contributed by atoms with Crippen LogP contribution in [0.1, 0.15) is 0 Å². The van der Waals surface area contributed by atoms with Gasteiger partial charge >= 0.3 is 0 Å². The Morgan fingerprint density at radius 3 is 2.50 bits per heavy atom. The second-order valence-corrected chi connectivity index (χ2v) is 9.11. The van der Waals surface area contributed by atoms with Gasteiger partial charge in [0, 0.05) is 19.8 Å². The molecule has 2 rings (SSSR count). The van der Waals surface area contributed by atoms with Crippen LogP contribution in [0.15, 0.2) is 32.9 Å². The van der Waals surface area contributed by atoms with Crippen LogP contribution in [0.4, 0.5) is 5.69 Å². The molecule has 8 heteroatoms. The van der Waals surface area contributed by atoms with Crippen molar-refractivity contribution in [1.82, 2.24) is 0 Å². The fraction of sp³-hybridized carbons (Fsp3) is 0.500. The molecule has 0 saturated carbocycles. The molecule has 6 nitrogen and oxygen atoms in total. The van der Waals surface area contributed by atoms with Crippen molar-refractivity contribution in [1.29, 1.82) is 0 Å². The summed E-state index contributed by atoms with van der Waals surface area (Å²) >= 11 is 0. The summed E-state index contributed by atoms with van der Waals surface area (Å²) in [5.41, 5.74) is 0.753. The Bertz CT molecular complexity index is 692. The van der Waals surface area contributed by atoms with Crippen molar-refractivity contribution in [3.8, 4) is 0 Å². The third kappa shape index (κ3) is 3.50. The molecule has 0 N–H and O–H groups in total. The molecule has 0 spiro atoms. The summed E-state index contributed by atoms with van der Waals surface area (Å²) in [6.07, 6.45) is 0. The molecule has 0 aliphatic carbocycles. The number of sulfonamides is 1. The average molecular weight is 318 g/mol. The number of hydrogen-bond acceptors (Lipinski definition) is 5. The van der Waals surface area contributed by atoms with E-state index in [0.717, 1.165) is 5.69 Å². The van der Waals surface area contributed by atoms with Crippen LogP contribution < -0.4 is 4.90 Å². The quantitative estimate of drug-likeness (QED) is 0.829. The van der Waals surface area contributed by atoms with Gasteiger partial charge < -0.3 is 9.64 Å². The summed E-state index contributed by atoms with van der Waals surface area (Å²) < 4.78 is 45.7. The Balaban J connectivity index is 2.43. The summed E-state index contributed by atoms with van der Waals surface area (Å²) in [4.78, 5) is 1.87. The number of ether oxygens (including phenoxy) is 1. The zero-order chi connectivity index (χ0) is 14.8. The van der Waals surface area contributed by atoms with Crippen LogP contribution in [0, 0.1) is 0 Å². The standard InChI is InChI=1S/C12H18N2O4S2/c1-14(2)11-4-3-5-12(10-11)20(16,17)13-19(15)8-6-18-7-9-19/h3-5,10H,6-9H2,1-2H3. The normalized spacial score (nSPS) is 18.5. The van der Waals surface area contributed by atoms with Crippen LogP contribution in [0.2, 0.25) is 0 Å². The predicted octanol–water partition coefficient (Wildman–Crippen LogP) is 0.939. The van der Waals surface area contributed by atoms with Gasteiger partial charge in [-0.2, -0.15) is 8.42 Å². The lowest BCUT2D eigenvalue weighted by molar-refractivity contribution is 0.158. The Labute approximate surface area is 120 Å².